The maximum atomic E-state index is 5.37. The van der Waals surface area contributed by atoms with E-state index >= 15 is 0 Å². The molecule has 0 aliphatic rings. The number of ether oxygens (including phenoxy) is 1. The summed E-state index contributed by atoms with van der Waals surface area (Å²) in [5.74, 6) is 0.854. The van der Waals surface area contributed by atoms with Gasteiger partial charge in [0, 0.05) is 8.95 Å². The summed E-state index contributed by atoms with van der Waals surface area (Å²) in [4.78, 5) is 0. The van der Waals surface area contributed by atoms with Gasteiger partial charge in [0.05, 0.1) is 11.1 Å². The molecule has 1 aromatic rings. The van der Waals surface area contributed by atoms with Crippen LogP contribution in [0.3, 0.4) is 0 Å². The summed E-state index contributed by atoms with van der Waals surface area (Å²) in [7, 11) is 0. The highest BCUT2D eigenvalue weighted by atomic mass is 79.9. The van der Waals surface area contributed by atoms with Gasteiger partial charge in [-0.2, -0.15) is 0 Å². The van der Waals surface area contributed by atoms with Gasteiger partial charge in [-0.1, -0.05) is 0 Å². The number of rotatable bonds is 2. The minimum Gasteiger partial charge on any atom is -0.493 e. The van der Waals surface area contributed by atoms with Crippen LogP contribution in [0.5, 0.6) is 5.75 Å². The van der Waals surface area contributed by atoms with E-state index in [0.29, 0.717) is 6.61 Å². The summed E-state index contributed by atoms with van der Waals surface area (Å²) in [5, 5.41) is 0. The first kappa shape index (κ1) is 10.5. The van der Waals surface area contributed by atoms with Crippen molar-refractivity contribution in [2.24, 2.45) is 0 Å². The predicted molar refractivity (Wildman–Crippen MR) is 60.7 cm³/mol. The number of halogens is 3. The fraction of sp³-hybridized carbons (Fsp3) is 0.250. The second-order valence-electron chi connectivity index (χ2n) is 2.13. The molecule has 1 rings (SSSR count). The number of hydrogen-bond donors (Lipinski definition) is 0. The molecule has 0 aliphatic carbocycles. The fourth-order valence-electron chi connectivity index (χ4n) is 0.770. The fourth-order valence-corrected chi connectivity index (χ4v) is 2.20. The second-order valence-corrected chi connectivity index (χ2v) is 4.69. The molecule has 0 saturated heterocycles. The van der Waals surface area contributed by atoms with Crippen LogP contribution in [0.4, 0.5) is 0 Å². The molecule has 0 atom stereocenters. The third-order valence-electron chi connectivity index (χ3n) is 1.27. The third-order valence-corrected chi connectivity index (χ3v) is 3.74. The van der Waals surface area contributed by atoms with Crippen LogP contribution in [-0.2, 0) is 0 Å². The molecule has 0 aromatic heterocycles. The summed E-state index contributed by atoms with van der Waals surface area (Å²) in [6.07, 6.45) is 0. The van der Waals surface area contributed by atoms with Gasteiger partial charge in [0.15, 0.2) is 0 Å². The zero-order valence-corrected chi connectivity index (χ0v) is 11.2. The van der Waals surface area contributed by atoms with Gasteiger partial charge in [-0.05, 0) is 66.8 Å². The van der Waals surface area contributed by atoms with Crippen LogP contribution in [0.2, 0.25) is 0 Å². The predicted octanol–water partition coefficient (Wildman–Crippen LogP) is 4.37. The first-order chi connectivity index (χ1) is 5.65. The molecule has 0 amide bonds. The van der Waals surface area contributed by atoms with Crippen LogP contribution in [0, 0.1) is 0 Å². The van der Waals surface area contributed by atoms with Crippen LogP contribution < -0.4 is 4.74 Å². The monoisotopic (exact) mass is 356 g/mol. The molecular formula is C8H7Br3O. The molecule has 1 nitrogen and oxygen atoms in total. The first-order valence-corrected chi connectivity index (χ1v) is 5.80. The highest BCUT2D eigenvalue weighted by Crippen LogP contribution is 2.34. The van der Waals surface area contributed by atoms with Crippen molar-refractivity contribution in [2.75, 3.05) is 6.61 Å². The number of hydrogen-bond acceptors (Lipinski definition) is 1. The standard InChI is InChI=1S/C8H7Br3O/c1-2-12-8-4-6(10)5(9)3-7(8)11/h3-4H,2H2,1H3. The van der Waals surface area contributed by atoms with E-state index in [1.807, 2.05) is 19.1 Å². The minimum absolute atomic E-state index is 0.673. The Morgan fingerprint density at radius 1 is 1.08 bits per heavy atom. The lowest BCUT2D eigenvalue weighted by Crippen LogP contribution is -1.92. The lowest BCUT2D eigenvalue weighted by atomic mass is 10.3. The average molecular weight is 359 g/mol. The van der Waals surface area contributed by atoms with Crippen molar-refractivity contribution in [3.05, 3.63) is 25.6 Å². The molecule has 0 bridgehead atoms. The Morgan fingerprint density at radius 2 is 1.67 bits per heavy atom. The highest BCUT2D eigenvalue weighted by molar-refractivity contribution is 9.13. The van der Waals surface area contributed by atoms with Crippen LogP contribution in [0.25, 0.3) is 0 Å². The normalized spacial score (nSPS) is 10.0. The largest absolute Gasteiger partial charge is 0.493 e. The Labute approximate surface area is 96.9 Å². The Kier molecular flexibility index (Phi) is 4.06. The van der Waals surface area contributed by atoms with Crippen LogP contribution >= 0.6 is 47.8 Å². The summed E-state index contributed by atoms with van der Waals surface area (Å²) in [6.45, 7) is 2.63. The van der Waals surface area contributed by atoms with Gasteiger partial charge in [-0.15, -0.1) is 0 Å². The molecule has 66 valence electrons. The summed E-state index contributed by atoms with van der Waals surface area (Å²) >= 11 is 10.2. The van der Waals surface area contributed by atoms with Crippen LogP contribution in [0.15, 0.2) is 25.6 Å². The van der Waals surface area contributed by atoms with Gasteiger partial charge in [-0.3, -0.25) is 0 Å². The van der Waals surface area contributed by atoms with Crippen molar-refractivity contribution in [3.63, 3.8) is 0 Å². The van der Waals surface area contributed by atoms with Crippen molar-refractivity contribution in [3.8, 4) is 5.75 Å². The highest BCUT2D eigenvalue weighted by Gasteiger charge is 2.04. The maximum Gasteiger partial charge on any atom is 0.134 e. The molecular weight excluding hydrogens is 352 g/mol. The van der Waals surface area contributed by atoms with E-state index in [4.69, 9.17) is 4.74 Å². The topological polar surface area (TPSA) is 9.23 Å². The molecule has 1 aromatic carbocycles. The van der Waals surface area contributed by atoms with E-state index in [1.54, 1.807) is 0 Å². The zero-order valence-electron chi connectivity index (χ0n) is 6.40. The van der Waals surface area contributed by atoms with E-state index < -0.39 is 0 Å². The molecule has 4 heteroatoms. The van der Waals surface area contributed by atoms with Crippen molar-refractivity contribution < 1.29 is 4.74 Å². The molecule has 0 heterocycles. The smallest absolute Gasteiger partial charge is 0.134 e. The van der Waals surface area contributed by atoms with E-state index in [-0.39, 0.29) is 0 Å². The lowest BCUT2D eigenvalue weighted by Gasteiger charge is -2.06. The van der Waals surface area contributed by atoms with Crippen LogP contribution in [0.1, 0.15) is 6.92 Å². The van der Waals surface area contributed by atoms with Crippen molar-refractivity contribution >= 4 is 47.8 Å². The van der Waals surface area contributed by atoms with E-state index in [9.17, 15) is 0 Å². The Hall–Kier alpha value is 0.460. The quantitative estimate of drug-likeness (QED) is 0.713. The third kappa shape index (κ3) is 2.47. The van der Waals surface area contributed by atoms with Gasteiger partial charge < -0.3 is 4.74 Å². The van der Waals surface area contributed by atoms with Gasteiger partial charge in [0.2, 0.25) is 0 Å². The molecule has 0 fully saturated rings. The van der Waals surface area contributed by atoms with Crippen LogP contribution in [-0.4, -0.2) is 6.61 Å². The first-order valence-electron chi connectivity index (χ1n) is 3.42. The van der Waals surface area contributed by atoms with E-state index in [2.05, 4.69) is 47.8 Å². The van der Waals surface area contributed by atoms with Gasteiger partial charge in [-0.25, -0.2) is 0 Å². The second kappa shape index (κ2) is 4.63. The summed E-state index contributed by atoms with van der Waals surface area (Å²) in [5.41, 5.74) is 0. The Morgan fingerprint density at radius 3 is 2.25 bits per heavy atom. The minimum atomic E-state index is 0.673. The van der Waals surface area contributed by atoms with Gasteiger partial charge in [0.25, 0.3) is 0 Å². The maximum absolute atomic E-state index is 5.37. The average Bonchev–Trinajstić information content (AvgIpc) is 2.01. The molecule has 0 saturated carbocycles. The summed E-state index contributed by atoms with van der Waals surface area (Å²) in [6, 6.07) is 3.88. The van der Waals surface area contributed by atoms with E-state index in [0.717, 1.165) is 19.2 Å². The molecule has 0 aliphatic heterocycles. The zero-order chi connectivity index (χ0) is 9.14. The number of benzene rings is 1. The Balaban J connectivity index is 3.05. The van der Waals surface area contributed by atoms with Gasteiger partial charge in [0.1, 0.15) is 5.75 Å². The van der Waals surface area contributed by atoms with Crippen molar-refractivity contribution in [1.82, 2.24) is 0 Å². The molecule has 0 N–H and O–H groups in total. The molecule has 12 heavy (non-hydrogen) atoms. The van der Waals surface area contributed by atoms with E-state index in [1.165, 1.54) is 0 Å². The van der Waals surface area contributed by atoms with Crippen molar-refractivity contribution in [1.29, 1.82) is 0 Å². The molecule has 0 unspecified atom stereocenters. The summed E-state index contributed by atoms with van der Waals surface area (Å²) < 4.78 is 8.34. The van der Waals surface area contributed by atoms with Gasteiger partial charge >= 0.3 is 0 Å². The van der Waals surface area contributed by atoms with Crippen molar-refractivity contribution in [2.45, 2.75) is 6.92 Å². The molecule has 0 radical (unpaired) electrons. The lowest BCUT2D eigenvalue weighted by molar-refractivity contribution is 0.338. The SMILES string of the molecule is CCOc1cc(Br)c(Br)cc1Br. The molecule has 0 spiro atoms. The Bertz CT molecular complexity index is 286.